The highest BCUT2D eigenvalue weighted by molar-refractivity contribution is 5.60. The number of likely N-dealkylation sites (N-methyl/N-ethyl adjacent to an activating group) is 1. The molecule has 1 aromatic rings. The van der Waals surface area contributed by atoms with Crippen LogP contribution in [-0.2, 0) is 12.8 Å². The van der Waals surface area contributed by atoms with Crippen LogP contribution in [0.25, 0.3) is 0 Å². The Kier molecular flexibility index (Phi) is 5.93. The number of nitrogens with zero attached hydrogens (tertiary/aromatic N) is 3. The third-order valence-electron chi connectivity index (χ3n) is 6.93. The molecule has 1 aromatic carbocycles. The average molecular weight is 372 g/mol. The lowest BCUT2D eigenvalue weighted by Gasteiger charge is -2.43. The lowest BCUT2D eigenvalue weighted by molar-refractivity contribution is 0.0982. The summed E-state index contributed by atoms with van der Waals surface area (Å²) in [5.74, 6) is 2.00. The van der Waals surface area contributed by atoms with Gasteiger partial charge in [0.2, 0.25) is 0 Å². The smallest absolute Gasteiger partial charge is 0.124 e. The van der Waals surface area contributed by atoms with Crippen LogP contribution in [0.5, 0.6) is 5.75 Å². The van der Waals surface area contributed by atoms with Gasteiger partial charge in [-0.2, -0.15) is 0 Å². The van der Waals surface area contributed by atoms with E-state index in [2.05, 4.69) is 40.8 Å². The van der Waals surface area contributed by atoms with Gasteiger partial charge in [-0.15, -0.1) is 0 Å². The Morgan fingerprint density at radius 2 is 1.63 bits per heavy atom. The predicted octanol–water partition coefficient (Wildman–Crippen LogP) is 3.43. The van der Waals surface area contributed by atoms with Gasteiger partial charge in [0.05, 0.1) is 7.11 Å². The van der Waals surface area contributed by atoms with Gasteiger partial charge >= 0.3 is 0 Å². The molecule has 0 spiro atoms. The van der Waals surface area contributed by atoms with Gasteiger partial charge in [-0.25, -0.2) is 0 Å². The third kappa shape index (κ3) is 4.43. The second-order valence-electron chi connectivity index (χ2n) is 8.85. The zero-order chi connectivity index (χ0) is 18.8. The highest BCUT2D eigenvalue weighted by Crippen LogP contribution is 2.39. The SMILES string of the molecule is CCc1cc(CC2CC2)c(N2CCC(N3CCN(C)CC3)CC2)cc1OC. The van der Waals surface area contributed by atoms with Crippen molar-refractivity contribution in [2.45, 2.75) is 51.5 Å². The van der Waals surface area contributed by atoms with E-state index in [1.54, 1.807) is 5.56 Å². The van der Waals surface area contributed by atoms with Crippen LogP contribution in [0.3, 0.4) is 0 Å². The van der Waals surface area contributed by atoms with Crippen LogP contribution in [0.2, 0.25) is 0 Å². The Balaban J connectivity index is 1.46. The molecule has 0 amide bonds. The summed E-state index contributed by atoms with van der Waals surface area (Å²) in [6.07, 6.45) is 7.73. The molecule has 2 saturated heterocycles. The Bertz CT molecular complexity index is 627. The second-order valence-corrected chi connectivity index (χ2v) is 8.85. The number of aryl methyl sites for hydroxylation is 1. The molecule has 1 aliphatic carbocycles. The standard InChI is InChI=1S/C23H37N3O/c1-4-19-16-20(15-18-5-6-18)22(17-23(19)27-3)26-9-7-21(8-10-26)25-13-11-24(2)12-14-25/h16-18,21H,4-15H2,1-3H3. The van der Waals surface area contributed by atoms with Gasteiger partial charge in [-0.1, -0.05) is 13.0 Å². The van der Waals surface area contributed by atoms with Gasteiger partial charge in [-0.05, 0) is 62.6 Å². The lowest BCUT2D eigenvalue weighted by Crippen LogP contribution is -2.52. The fraction of sp³-hybridized carbons (Fsp3) is 0.739. The molecule has 2 aliphatic heterocycles. The topological polar surface area (TPSA) is 19.0 Å². The summed E-state index contributed by atoms with van der Waals surface area (Å²) < 4.78 is 5.73. The molecule has 1 saturated carbocycles. The van der Waals surface area contributed by atoms with Crippen LogP contribution < -0.4 is 9.64 Å². The number of benzene rings is 1. The lowest BCUT2D eigenvalue weighted by atomic mass is 9.97. The summed E-state index contributed by atoms with van der Waals surface area (Å²) in [5, 5.41) is 0. The van der Waals surface area contributed by atoms with E-state index >= 15 is 0 Å². The van der Waals surface area contributed by atoms with E-state index in [4.69, 9.17) is 4.74 Å². The molecule has 0 radical (unpaired) electrons. The molecule has 2 heterocycles. The minimum absolute atomic E-state index is 0.777. The fourth-order valence-corrected chi connectivity index (χ4v) is 4.88. The van der Waals surface area contributed by atoms with Crippen LogP contribution in [0.15, 0.2) is 12.1 Å². The van der Waals surface area contributed by atoms with E-state index in [0.29, 0.717) is 0 Å². The van der Waals surface area contributed by atoms with Crippen LogP contribution in [-0.4, -0.2) is 69.3 Å². The van der Waals surface area contributed by atoms with Gasteiger partial charge in [0, 0.05) is 57.1 Å². The van der Waals surface area contributed by atoms with E-state index in [-0.39, 0.29) is 0 Å². The molecule has 0 N–H and O–H groups in total. The first-order chi connectivity index (χ1) is 13.2. The van der Waals surface area contributed by atoms with Crippen molar-refractivity contribution in [2.75, 3.05) is 58.3 Å². The van der Waals surface area contributed by atoms with Gasteiger partial charge in [-0.3, -0.25) is 4.90 Å². The van der Waals surface area contributed by atoms with Crippen molar-refractivity contribution in [3.05, 3.63) is 23.3 Å². The van der Waals surface area contributed by atoms with Crippen LogP contribution >= 0.6 is 0 Å². The first kappa shape index (κ1) is 19.1. The monoisotopic (exact) mass is 371 g/mol. The number of hydrogen-bond acceptors (Lipinski definition) is 4. The molecule has 0 unspecified atom stereocenters. The first-order valence-electron chi connectivity index (χ1n) is 11.0. The van der Waals surface area contributed by atoms with Crippen LogP contribution in [0.1, 0.15) is 43.7 Å². The highest BCUT2D eigenvalue weighted by atomic mass is 16.5. The number of rotatable bonds is 6. The van der Waals surface area contributed by atoms with Crippen molar-refractivity contribution >= 4 is 5.69 Å². The molecule has 0 atom stereocenters. The summed E-state index contributed by atoms with van der Waals surface area (Å²) in [7, 11) is 4.06. The van der Waals surface area contributed by atoms with Crippen molar-refractivity contribution in [1.82, 2.24) is 9.80 Å². The van der Waals surface area contributed by atoms with Gasteiger partial charge < -0.3 is 14.5 Å². The summed E-state index contributed by atoms with van der Waals surface area (Å²) in [6, 6.07) is 5.56. The molecular formula is C23H37N3O. The van der Waals surface area contributed by atoms with E-state index in [1.807, 2.05) is 7.11 Å². The van der Waals surface area contributed by atoms with E-state index in [0.717, 1.165) is 24.1 Å². The second kappa shape index (κ2) is 8.40. The largest absolute Gasteiger partial charge is 0.496 e. The summed E-state index contributed by atoms with van der Waals surface area (Å²) >= 11 is 0. The minimum Gasteiger partial charge on any atom is -0.496 e. The van der Waals surface area contributed by atoms with Crippen molar-refractivity contribution in [3.8, 4) is 5.75 Å². The minimum atomic E-state index is 0.777. The molecule has 4 rings (SSSR count). The Morgan fingerprint density at radius 3 is 2.22 bits per heavy atom. The fourth-order valence-electron chi connectivity index (χ4n) is 4.88. The molecule has 3 fully saturated rings. The molecule has 0 bridgehead atoms. The number of methoxy groups -OCH3 is 1. The predicted molar refractivity (Wildman–Crippen MR) is 113 cm³/mol. The molecular weight excluding hydrogens is 334 g/mol. The summed E-state index contributed by atoms with van der Waals surface area (Å²) in [4.78, 5) is 7.84. The first-order valence-corrected chi connectivity index (χ1v) is 11.0. The summed E-state index contributed by atoms with van der Waals surface area (Å²) in [5.41, 5.74) is 4.38. The number of ether oxygens (including phenoxy) is 1. The van der Waals surface area contributed by atoms with Crippen molar-refractivity contribution < 1.29 is 4.74 Å². The van der Waals surface area contributed by atoms with Crippen LogP contribution in [0.4, 0.5) is 5.69 Å². The molecule has 4 nitrogen and oxygen atoms in total. The molecule has 27 heavy (non-hydrogen) atoms. The quantitative estimate of drug-likeness (QED) is 0.763. The van der Waals surface area contributed by atoms with Crippen molar-refractivity contribution in [2.24, 2.45) is 5.92 Å². The number of piperazine rings is 1. The molecule has 4 heteroatoms. The number of piperidine rings is 1. The van der Waals surface area contributed by atoms with Crippen LogP contribution in [0, 0.1) is 5.92 Å². The molecule has 150 valence electrons. The average Bonchev–Trinajstić information content (AvgIpc) is 3.52. The Morgan fingerprint density at radius 1 is 0.926 bits per heavy atom. The zero-order valence-electron chi connectivity index (χ0n) is 17.5. The normalized spacial score (nSPS) is 23.0. The van der Waals surface area contributed by atoms with Gasteiger partial charge in [0.15, 0.2) is 0 Å². The Hall–Kier alpha value is -1.26. The van der Waals surface area contributed by atoms with E-state index < -0.39 is 0 Å². The van der Waals surface area contributed by atoms with Crippen molar-refractivity contribution in [1.29, 1.82) is 0 Å². The van der Waals surface area contributed by atoms with E-state index in [9.17, 15) is 0 Å². The maximum atomic E-state index is 5.73. The summed E-state index contributed by atoms with van der Waals surface area (Å²) in [6.45, 7) is 9.54. The number of anilines is 1. The maximum Gasteiger partial charge on any atom is 0.124 e. The van der Waals surface area contributed by atoms with E-state index in [1.165, 1.54) is 82.6 Å². The highest BCUT2D eigenvalue weighted by Gasteiger charge is 2.29. The molecule has 0 aromatic heterocycles. The van der Waals surface area contributed by atoms with Gasteiger partial charge in [0.25, 0.3) is 0 Å². The molecule has 3 aliphatic rings. The Labute approximate surface area is 165 Å². The third-order valence-corrected chi connectivity index (χ3v) is 6.93. The van der Waals surface area contributed by atoms with Crippen molar-refractivity contribution in [3.63, 3.8) is 0 Å². The maximum absolute atomic E-state index is 5.73. The number of hydrogen-bond donors (Lipinski definition) is 0. The van der Waals surface area contributed by atoms with Gasteiger partial charge in [0.1, 0.15) is 5.75 Å². The zero-order valence-corrected chi connectivity index (χ0v) is 17.5.